The van der Waals surface area contributed by atoms with E-state index in [1.165, 1.54) is 51.4 Å². The van der Waals surface area contributed by atoms with Gasteiger partial charge in [-0.05, 0) is 56.3 Å². The van der Waals surface area contributed by atoms with E-state index in [1.54, 1.807) is 0 Å². The standard InChI is InChI=1S/C23H32F3NO2/c1-2-3-4-5-15-6-8-16(9-7-15)17-10-12-18(13-11-17)23(28)29-20-14-19(24)21(25)27-22(20)26/h14-18H,2-13H2,1H3. The first-order valence-corrected chi connectivity index (χ1v) is 11.2. The van der Waals surface area contributed by atoms with E-state index in [0.29, 0.717) is 24.8 Å². The molecule has 0 bridgehead atoms. The van der Waals surface area contributed by atoms with Crippen LogP contribution in [0.3, 0.4) is 0 Å². The number of carbonyl (C=O) groups is 1. The Kier molecular flexibility index (Phi) is 7.96. The van der Waals surface area contributed by atoms with Crippen LogP contribution in [0.4, 0.5) is 13.2 Å². The Labute approximate surface area is 171 Å². The lowest BCUT2D eigenvalue weighted by molar-refractivity contribution is -0.140. The van der Waals surface area contributed by atoms with E-state index in [9.17, 15) is 18.0 Å². The van der Waals surface area contributed by atoms with Crippen molar-refractivity contribution in [3.05, 3.63) is 23.8 Å². The molecule has 162 valence electrons. The summed E-state index contributed by atoms with van der Waals surface area (Å²) in [5, 5.41) is 0. The number of hydrogen-bond acceptors (Lipinski definition) is 3. The molecule has 0 unspecified atom stereocenters. The Hall–Kier alpha value is -1.59. The van der Waals surface area contributed by atoms with Crippen LogP contribution in [0, 0.1) is 41.4 Å². The molecule has 1 aromatic rings. The third kappa shape index (κ3) is 5.95. The third-order valence-electron chi connectivity index (χ3n) is 6.94. The van der Waals surface area contributed by atoms with E-state index in [-0.39, 0.29) is 5.92 Å². The molecule has 0 amide bonds. The summed E-state index contributed by atoms with van der Waals surface area (Å²) in [6.07, 6.45) is 14.0. The van der Waals surface area contributed by atoms with Crippen molar-refractivity contribution in [1.82, 2.24) is 4.98 Å². The largest absolute Gasteiger partial charge is 0.421 e. The Morgan fingerprint density at radius 3 is 2.21 bits per heavy atom. The number of halogens is 3. The molecule has 3 rings (SSSR count). The lowest BCUT2D eigenvalue weighted by Gasteiger charge is -2.37. The van der Waals surface area contributed by atoms with Crippen molar-refractivity contribution in [3.63, 3.8) is 0 Å². The maximum Gasteiger partial charge on any atom is 0.314 e. The Morgan fingerprint density at radius 1 is 0.966 bits per heavy atom. The van der Waals surface area contributed by atoms with Gasteiger partial charge in [0.1, 0.15) is 0 Å². The molecule has 29 heavy (non-hydrogen) atoms. The van der Waals surface area contributed by atoms with Crippen molar-refractivity contribution < 1.29 is 22.7 Å². The SMILES string of the molecule is CCCCCC1CCC(C2CCC(C(=O)Oc3cc(F)c(F)nc3F)CC2)CC1. The van der Waals surface area contributed by atoms with Crippen LogP contribution in [0.5, 0.6) is 5.75 Å². The van der Waals surface area contributed by atoms with Crippen LogP contribution in [-0.4, -0.2) is 11.0 Å². The highest BCUT2D eigenvalue weighted by molar-refractivity contribution is 5.75. The normalized spacial score (nSPS) is 27.6. The zero-order valence-electron chi connectivity index (χ0n) is 17.3. The number of rotatable bonds is 7. The molecule has 2 aliphatic rings. The second kappa shape index (κ2) is 10.4. The van der Waals surface area contributed by atoms with Crippen molar-refractivity contribution in [2.24, 2.45) is 23.7 Å². The van der Waals surface area contributed by atoms with Crippen molar-refractivity contribution in [3.8, 4) is 5.75 Å². The smallest absolute Gasteiger partial charge is 0.314 e. The first-order valence-electron chi connectivity index (χ1n) is 11.2. The lowest BCUT2D eigenvalue weighted by atomic mass is 9.68. The molecule has 1 heterocycles. The Bertz CT molecular complexity index is 681. The van der Waals surface area contributed by atoms with Crippen molar-refractivity contribution in [1.29, 1.82) is 0 Å². The number of unbranched alkanes of at least 4 members (excludes halogenated alkanes) is 2. The van der Waals surface area contributed by atoms with E-state index in [2.05, 4.69) is 11.9 Å². The van der Waals surface area contributed by atoms with Gasteiger partial charge >= 0.3 is 5.97 Å². The van der Waals surface area contributed by atoms with Gasteiger partial charge < -0.3 is 4.74 Å². The summed E-state index contributed by atoms with van der Waals surface area (Å²) in [5.74, 6) is -3.41. The zero-order chi connectivity index (χ0) is 20.8. The molecule has 0 spiro atoms. The van der Waals surface area contributed by atoms with Crippen LogP contribution < -0.4 is 4.74 Å². The minimum absolute atomic E-state index is 0.316. The molecule has 0 saturated heterocycles. The second-order valence-corrected chi connectivity index (χ2v) is 8.86. The van der Waals surface area contributed by atoms with E-state index < -0.39 is 29.4 Å². The quantitative estimate of drug-likeness (QED) is 0.288. The first-order chi connectivity index (χ1) is 14.0. The molecule has 0 radical (unpaired) electrons. The highest BCUT2D eigenvalue weighted by Crippen LogP contribution is 2.42. The van der Waals surface area contributed by atoms with Crippen LogP contribution in [0.2, 0.25) is 0 Å². The molecule has 0 N–H and O–H groups in total. The van der Waals surface area contributed by atoms with Crippen LogP contribution in [0.25, 0.3) is 0 Å². The third-order valence-corrected chi connectivity index (χ3v) is 6.94. The van der Waals surface area contributed by atoms with Gasteiger partial charge in [-0.15, -0.1) is 0 Å². The van der Waals surface area contributed by atoms with Gasteiger partial charge in [-0.25, -0.2) is 4.39 Å². The number of aromatic nitrogens is 1. The summed E-state index contributed by atoms with van der Waals surface area (Å²) in [6, 6.07) is 0.542. The van der Waals surface area contributed by atoms with E-state index >= 15 is 0 Å². The fourth-order valence-corrected chi connectivity index (χ4v) is 5.15. The van der Waals surface area contributed by atoms with Crippen molar-refractivity contribution >= 4 is 5.97 Å². The van der Waals surface area contributed by atoms with E-state index in [1.807, 2.05) is 0 Å². The van der Waals surface area contributed by atoms with Crippen LogP contribution in [0.15, 0.2) is 6.07 Å². The molecule has 0 aromatic carbocycles. The first kappa shape index (κ1) is 22.1. The molecular weight excluding hydrogens is 379 g/mol. The highest BCUT2D eigenvalue weighted by atomic mass is 19.2. The van der Waals surface area contributed by atoms with Gasteiger partial charge in [0.15, 0.2) is 11.6 Å². The molecule has 0 aliphatic heterocycles. The monoisotopic (exact) mass is 411 g/mol. The fourth-order valence-electron chi connectivity index (χ4n) is 5.15. The zero-order valence-corrected chi connectivity index (χ0v) is 17.3. The minimum atomic E-state index is -1.54. The van der Waals surface area contributed by atoms with Gasteiger partial charge in [0.2, 0.25) is 0 Å². The fraction of sp³-hybridized carbons (Fsp3) is 0.739. The molecule has 1 aromatic heterocycles. The Balaban J connectivity index is 1.42. The van der Waals surface area contributed by atoms with Crippen LogP contribution >= 0.6 is 0 Å². The molecule has 2 fully saturated rings. The summed E-state index contributed by atoms with van der Waals surface area (Å²) in [4.78, 5) is 15.1. The number of pyridine rings is 1. The molecule has 6 heteroatoms. The van der Waals surface area contributed by atoms with Crippen molar-refractivity contribution in [2.75, 3.05) is 0 Å². The predicted octanol–water partition coefficient (Wildman–Crippen LogP) is 6.60. The van der Waals surface area contributed by atoms with Crippen molar-refractivity contribution in [2.45, 2.75) is 84.0 Å². The van der Waals surface area contributed by atoms with E-state index in [0.717, 1.165) is 24.7 Å². The van der Waals surface area contributed by atoms with Crippen LogP contribution in [-0.2, 0) is 4.79 Å². The molecule has 2 aliphatic carbocycles. The maximum atomic E-state index is 13.6. The van der Waals surface area contributed by atoms with Gasteiger partial charge in [-0.2, -0.15) is 13.8 Å². The lowest BCUT2D eigenvalue weighted by Crippen LogP contribution is -2.30. The number of hydrogen-bond donors (Lipinski definition) is 0. The average Bonchev–Trinajstić information content (AvgIpc) is 2.73. The second-order valence-electron chi connectivity index (χ2n) is 8.86. The number of ether oxygens (including phenoxy) is 1. The molecule has 0 atom stereocenters. The van der Waals surface area contributed by atoms with Gasteiger partial charge in [-0.3, -0.25) is 4.79 Å². The van der Waals surface area contributed by atoms with Gasteiger partial charge in [0.05, 0.1) is 5.92 Å². The van der Waals surface area contributed by atoms with Gasteiger partial charge in [0.25, 0.3) is 11.9 Å². The van der Waals surface area contributed by atoms with Crippen LogP contribution in [0.1, 0.15) is 84.0 Å². The average molecular weight is 412 g/mol. The molecule has 2 saturated carbocycles. The van der Waals surface area contributed by atoms with Gasteiger partial charge in [0, 0.05) is 6.07 Å². The number of carbonyl (C=O) groups excluding carboxylic acids is 1. The van der Waals surface area contributed by atoms with E-state index in [4.69, 9.17) is 4.74 Å². The molecule has 3 nitrogen and oxygen atoms in total. The Morgan fingerprint density at radius 2 is 1.59 bits per heavy atom. The number of nitrogens with zero attached hydrogens (tertiary/aromatic N) is 1. The van der Waals surface area contributed by atoms with Gasteiger partial charge in [-0.1, -0.05) is 45.4 Å². The predicted molar refractivity (Wildman–Crippen MR) is 105 cm³/mol. The summed E-state index contributed by atoms with van der Waals surface area (Å²) >= 11 is 0. The number of esters is 1. The summed E-state index contributed by atoms with van der Waals surface area (Å²) in [6.45, 7) is 2.24. The molecular formula is C23H32F3NO2. The maximum absolute atomic E-state index is 13.6. The highest BCUT2D eigenvalue weighted by Gasteiger charge is 2.34. The summed E-state index contributed by atoms with van der Waals surface area (Å²) < 4.78 is 44.7. The topological polar surface area (TPSA) is 39.2 Å². The minimum Gasteiger partial charge on any atom is -0.421 e. The summed E-state index contributed by atoms with van der Waals surface area (Å²) in [7, 11) is 0. The summed E-state index contributed by atoms with van der Waals surface area (Å²) in [5.41, 5.74) is 0.